The summed E-state index contributed by atoms with van der Waals surface area (Å²) in [6.45, 7) is 1.68. The second-order valence-corrected chi connectivity index (χ2v) is 6.52. The van der Waals surface area contributed by atoms with Crippen molar-refractivity contribution in [2.24, 2.45) is 4.99 Å². The number of guanidine groups is 1. The third-order valence-corrected chi connectivity index (χ3v) is 4.61. The van der Waals surface area contributed by atoms with Gasteiger partial charge in [0.1, 0.15) is 11.6 Å². The van der Waals surface area contributed by atoms with Crippen molar-refractivity contribution in [2.75, 3.05) is 25.0 Å². The summed E-state index contributed by atoms with van der Waals surface area (Å²) < 4.78 is 27.1. The molecule has 1 saturated heterocycles. The third kappa shape index (κ3) is 4.73. The smallest absolute Gasteiger partial charge is 0.269 e. The van der Waals surface area contributed by atoms with Crippen LogP contribution in [0.25, 0.3) is 0 Å². The zero-order valence-corrected chi connectivity index (χ0v) is 15.4. The van der Waals surface area contributed by atoms with E-state index in [1.54, 1.807) is 19.2 Å². The van der Waals surface area contributed by atoms with Gasteiger partial charge in [0.25, 0.3) is 5.69 Å². The van der Waals surface area contributed by atoms with Crippen LogP contribution in [0.3, 0.4) is 0 Å². The molecule has 7 nitrogen and oxygen atoms in total. The van der Waals surface area contributed by atoms with Gasteiger partial charge < -0.3 is 15.5 Å². The predicted molar refractivity (Wildman–Crippen MR) is 103 cm³/mol. The van der Waals surface area contributed by atoms with Crippen LogP contribution >= 0.6 is 0 Å². The van der Waals surface area contributed by atoms with E-state index in [0.717, 1.165) is 18.1 Å². The van der Waals surface area contributed by atoms with Crippen LogP contribution in [0.4, 0.5) is 20.2 Å². The van der Waals surface area contributed by atoms with E-state index in [1.165, 1.54) is 24.3 Å². The Balaban J connectivity index is 1.53. The number of benzene rings is 2. The number of non-ortho nitro benzene ring substituents is 1. The van der Waals surface area contributed by atoms with Crippen LogP contribution in [-0.4, -0.2) is 37.1 Å². The summed E-state index contributed by atoms with van der Waals surface area (Å²) >= 11 is 0. The Labute approximate surface area is 161 Å². The molecule has 2 N–H and O–H groups in total. The number of nitrogens with zero attached hydrogens (tertiary/aromatic N) is 3. The molecule has 2 aromatic rings. The minimum atomic E-state index is -0.592. The third-order valence-electron chi connectivity index (χ3n) is 4.61. The van der Waals surface area contributed by atoms with Crippen molar-refractivity contribution >= 4 is 17.3 Å². The molecule has 0 radical (unpaired) electrons. The lowest BCUT2D eigenvalue weighted by molar-refractivity contribution is -0.384. The van der Waals surface area contributed by atoms with Crippen LogP contribution in [0.15, 0.2) is 47.5 Å². The molecule has 1 fully saturated rings. The average molecular weight is 389 g/mol. The van der Waals surface area contributed by atoms with Gasteiger partial charge in [-0.25, -0.2) is 8.78 Å². The summed E-state index contributed by atoms with van der Waals surface area (Å²) in [5.74, 6) is -0.572. The fraction of sp³-hybridized carbons (Fsp3) is 0.316. The molecule has 148 valence electrons. The molecule has 1 aliphatic heterocycles. The summed E-state index contributed by atoms with van der Waals surface area (Å²) in [5, 5.41) is 17.1. The van der Waals surface area contributed by atoms with Crippen molar-refractivity contribution in [1.29, 1.82) is 0 Å². The first-order valence-corrected chi connectivity index (χ1v) is 8.87. The maximum atomic E-state index is 14.0. The maximum absolute atomic E-state index is 14.0. The van der Waals surface area contributed by atoms with Gasteiger partial charge in [0.05, 0.1) is 10.6 Å². The Hall–Kier alpha value is -3.23. The maximum Gasteiger partial charge on any atom is 0.269 e. The summed E-state index contributed by atoms with van der Waals surface area (Å²) in [7, 11) is 1.65. The van der Waals surface area contributed by atoms with E-state index in [-0.39, 0.29) is 11.7 Å². The van der Waals surface area contributed by atoms with Crippen molar-refractivity contribution in [3.8, 4) is 0 Å². The van der Waals surface area contributed by atoms with Crippen molar-refractivity contribution in [2.45, 2.75) is 19.0 Å². The van der Waals surface area contributed by atoms with Crippen LogP contribution in [0, 0.1) is 21.7 Å². The standard InChI is InChI=1S/C19H21F2N5O2/c1-22-19(23-11-13-2-5-16(6-3-13)26(27)28)24-15-8-9-25(12-15)18-7-4-14(20)10-17(18)21/h2-7,10,15H,8-9,11-12H2,1H3,(H2,22,23,24). The molecular weight excluding hydrogens is 368 g/mol. The summed E-state index contributed by atoms with van der Waals surface area (Å²) in [5.41, 5.74) is 1.32. The van der Waals surface area contributed by atoms with E-state index < -0.39 is 16.6 Å². The van der Waals surface area contributed by atoms with E-state index in [4.69, 9.17) is 0 Å². The number of halogens is 2. The van der Waals surface area contributed by atoms with Crippen molar-refractivity contribution in [3.05, 3.63) is 69.8 Å². The van der Waals surface area contributed by atoms with E-state index in [9.17, 15) is 18.9 Å². The quantitative estimate of drug-likeness (QED) is 0.356. The fourth-order valence-electron chi connectivity index (χ4n) is 3.14. The zero-order valence-electron chi connectivity index (χ0n) is 15.4. The highest BCUT2D eigenvalue weighted by molar-refractivity contribution is 5.80. The highest BCUT2D eigenvalue weighted by Crippen LogP contribution is 2.24. The molecule has 1 heterocycles. The molecule has 0 aromatic heterocycles. The summed E-state index contributed by atoms with van der Waals surface area (Å²) in [6.07, 6.45) is 0.787. The van der Waals surface area contributed by atoms with Crippen LogP contribution in [0.5, 0.6) is 0 Å². The molecule has 0 bridgehead atoms. The van der Waals surface area contributed by atoms with E-state index in [1.807, 2.05) is 4.90 Å². The van der Waals surface area contributed by atoms with Crippen LogP contribution in [-0.2, 0) is 6.54 Å². The topological polar surface area (TPSA) is 82.8 Å². The highest BCUT2D eigenvalue weighted by Gasteiger charge is 2.25. The van der Waals surface area contributed by atoms with E-state index in [0.29, 0.717) is 31.3 Å². The molecule has 1 atom stereocenters. The molecule has 3 rings (SSSR count). The van der Waals surface area contributed by atoms with Gasteiger partial charge in [0.2, 0.25) is 0 Å². The molecule has 28 heavy (non-hydrogen) atoms. The molecular formula is C19H21F2N5O2. The number of nitro benzene ring substituents is 1. The van der Waals surface area contributed by atoms with Gasteiger partial charge in [0, 0.05) is 50.9 Å². The first-order valence-electron chi connectivity index (χ1n) is 8.87. The molecule has 1 aliphatic rings. The van der Waals surface area contributed by atoms with E-state index >= 15 is 0 Å². The monoisotopic (exact) mass is 389 g/mol. The number of aliphatic imine (C=N–C) groups is 1. The second kappa shape index (κ2) is 8.64. The minimum absolute atomic E-state index is 0.0466. The number of nitro groups is 1. The Morgan fingerprint density at radius 1 is 1.29 bits per heavy atom. The van der Waals surface area contributed by atoms with Gasteiger partial charge in [-0.3, -0.25) is 15.1 Å². The first kappa shape index (κ1) is 19.5. The number of nitrogens with one attached hydrogen (secondary N) is 2. The van der Waals surface area contributed by atoms with Gasteiger partial charge in [0.15, 0.2) is 5.96 Å². The van der Waals surface area contributed by atoms with Crippen molar-refractivity contribution in [3.63, 3.8) is 0 Å². The number of anilines is 1. The number of hydrogen-bond donors (Lipinski definition) is 2. The molecule has 2 aromatic carbocycles. The number of hydrogen-bond acceptors (Lipinski definition) is 4. The molecule has 0 amide bonds. The second-order valence-electron chi connectivity index (χ2n) is 6.52. The summed E-state index contributed by atoms with van der Waals surface area (Å²) in [6, 6.07) is 9.95. The average Bonchev–Trinajstić information content (AvgIpc) is 3.13. The lowest BCUT2D eigenvalue weighted by Gasteiger charge is -2.21. The fourth-order valence-corrected chi connectivity index (χ4v) is 3.14. The lowest BCUT2D eigenvalue weighted by atomic mass is 10.2. The lowest BCUT2D eigenvalue weighted by Crippen LogP contribution is -2.44. The van der Waals surface area contributed by atoms with Crippen molar-refractivity contribution < 1.29 is 13.7 Å². The van der Waals surface area contributed by atoms with Gasteiger partial charge in [-0.1, -0.05) is 12.1 Å². The van der Waals surface area contributed by atoms with Gasteiger partial charge in [-0.15, -0.1) is 0 Å². The van der Waals surface area contributed by atoms with Crippen LogP contribution < -0.4 is 15.5 Å². The Kier molecular flexibility index (Phi) is 6.03. The van der Waals surface area contributed by atoms with Gasteiger partial charge in [-0.05, 0) is 24.1 Å². The molecule has 1 unspecified atom stereocenters. The Morgan fingerprint density at radius 2 is 2.04 bits per heavy atom. The van der Waals surface area contributed by atoms with Crippen LogP contribution in [0.2, 0.25) is 0 Å². The Bertz CT molecular complexity index is 873. The van der Waals surface area contributed by atoms with Crippen LogP contribution in [0.1, 0.15) is 12.0 Å². The zero-order chi connectivity index (χ0) is 20.1. The molecule has 0 spiro atoms. The summed E-state index contributed by atoms with van der Waals surface area (Å²) in [4.78, 5) is 16.3. The SMILES string of the molecule is CN=C(NCc1ccc([N+](=O)[O-])cc1)NC1CCN(c2ccc(F)cc2F)C1. The predicted octanol–water partition coefficient (Wildman–Crippen LogP) is 2.82. The highest BCUT2D eigenvalue weighted by atomic mass is 19.1. The van der Waals surface area contributed by atoms with Gasteiger partial charge in [-0.2, -0.15) is 0 Å². The molecule has 0 saturated carbocycles. The first-order chi connectivity index (χ1) is 13.5. The molecule has 9 heteroatoms. The largest absolute Gasteiger partial charge is 0.367 e. The van der Waals surface area contributed by atoms with Crippen molar-refractivity contribution in [1.82, 2.24) is 10.6 Å². The van der Waals surface area contributed by atoms with Gasteiger partial charge >= 0.3 is 0 Å². The minimum Gasteiger partial charge on any atom is -0.367 e. The van der Waals surface area contributed by atoms with E-state index in [2.05, 4.69) is 15.6 Å². The normalized spacial score (nSPS) is 16.9. The number of rotatable bonds is 5. The molecule has 0 aliphatic carbocycles. The Morgan fingerprint density at radius 3 is 2.68 bits per heavy atom.